The number of benzene rings is 1. The van der Waals surface area contributed by atoms with Crippen LogP contribution in [0.4, 0.5) is 0 Å². The summed E-state index contributed by atoms with van der Waals surface area (Å²) in [5.41, 5.74) is 2.97. The van der Waals surface area contributed by atoms with Crippen LogP contribution in [0.15, 0.2) is 28.4 Å². The van der Waals surface area contributed by atoms with E-state index >= 15 is 0 Å². The molecule has 0 unspecified atom stereocenters. The summed E-state index contributed by atoms with van der Waals surface area (Å²) < 4.78 is 5.15. The molecule has 15 heavy (non-hydrogen) atoms. The van der Waals surface area contributed by atoms with Gasteiger partial charge in [-0.25, -0.2) is 0 Å². The van der Waals surface area contributed by atoms with Gasteiger partial charge in [-0.15, -0.1) is 0 Å². The molecule has 2 aromatic rings. The zero-order chi connectivity index (χ0) is 10.8. The Morgan fingerprint density at radius 1 is 1.40 bits per heavy atom. The largest absolute Gasteiger partial charge is 0.497 e. The lowest BCUT2D eigenvalue weighted by Gasteiger charge is -2.05. The van der Waals surface area contributed by atoms with Crippen LogP contribution in [0.25, 0.3) is 11.3 Å². The molecule has 4 heteroatoms. The molecule has 0 aliphatic heterocycles. The molecule has 0 saturated heterocycles. The van der Waals surface area contributed by atoms with Gasteiger partial charge in [0.2, 0.25) is 0 Å². The fourth-order valence-corrected chi connectivity index (χ4v) is 2.01. The minimum absolute atomic E-state index is 0.0350. The Balaban J connectivity index is 2.56. The zero-order valence-corrected chi connectivity index (χ0v) is 9.35. The molecule has 3 nitrogen and oxygen atoms in total. The van der Waals surface area contributed by atoms with Crippen LogP contribution in [0, 0.1) is 6.92 Å². The number of thiazole rings is 1. The molecule has 0 aliphatic rings. The van der Waals surface area contributed by atoms with E-state index in [2.05, 4.69) is 4.98 Å². The van der Waals surface area contributed by atoms with Crippen LogP contribution in [0.1, 0.15) is 5.56 Å². The summed E-state index contributed by atoms with van der Waals surface area (Å²) in [4.78, 5) is 13.8. The number of hydrogen-bond donors (Lipinski definition) is 1. The second-order valence-electron chi connectivity index (χ2n) is 3.24. The number of hydrogen-bond acceptors (Lipinski definition) is 3. The summed E-state index contributed by atoms with van der Waals surface area (Å²) >= 11 is 1.17. The number of methoxy groups -OCH3 is 1. The van der Waals surface area contributed by atoms with E-state index in [1.54, 1.807) is 7.11 Å². The summed E-state index contributed by atoms with van der Waals surface area (Å²) in [6.45, 7) is 2.00. The number of rotatable bonds is 2. The van der Waals surface area contributed by atoms with E-state index in [1.807, 2.05) is 30.5 Å². The van der Waals surface area contributed by atoms with Crippen LogP contribution in [0.2, 0.25) is 0 Å². The lowest BCUT2D eigenvalue weighted by atomic mass is 10.1. The van der Waals surface area contributed by atoms with E-state index in [-0.39, 0.29) is 4.87 Å². The maximum absolute atomic E-state index is 11.1. The third-order valence-corrected chi connectivity index (χ3v) is 2.93. The van der Waals surface area contributed by atoms with E-state index in [1.165, 1.54) is 11.3 Å². The second-order valence-corrected chi connectivity index (χ2v) is 4.08. The maximum Gasteiger partial charge on any atom is 0.304 e. The highest BCUT2D eigenvalue weighted by atomic mass is 32.1. The molecule has 1 aromatic carbocycles. The molecule has 0 fully saturated rings. The Kier molecular flexibility index (Phi) is 2.60. The van der Waals surface area contributed by atoms with Crippen molar-refractivity contribution in [3.05, 3.63) is 38.8 Å². The third kappa shape index (κ3) is 1.94. The van der Waals surface area contributed by atoms with E-state index < -0.39 is 0 Å². The fourth-order valence-electron chi connectivity index (χ4n) is 1.43. The van der Waals surface area contributed by atoms with Gasteiger partial charge < -0.3 is 9.72 Å². The topological polar surface area (TPSA) is 42.1 Å². The van der Waals surface area contributed by atoms with Gasteiger partial charge in [0.05, 0.1) is 12.8 Å². The Hall–Kier alpha value is -1.55. The molecule has 2 rings (SSSR count). The molecule has 0 spiro atoms. The van der Waals surface area contributed by atoms with Gasteiger partial charge in [0.1, 0.15) is 5.75 Å². The average Bonchev–Trinajstić information content (AvgIpc) is 2.65. The third-order valence-electron chi connectivity index (χ3n) is 2.26. The predicted molar refractivity (Wildman–Crippen MR) is 61.7 cm³/mol. The highest BCUT2D eigenvalue weighted by molar-refractivity contribution is 7.07. The Morgan fingerprint density at radius 2 is 2.20 bits per heavy atom. The quantitative estimate of drug-likeness (QED) is 0.846. The van der Waals surface area contributed by atoms with Gasteiger partial charge in [0.15, 0.2) is 0 Å². The van der Waals surface area contributed by atoms with E-state index in [0.29, 0.717) is 0 Å². The summed E-state index contributed by atoms with van der Waals surface area (Å²) in [5, 5.41) is 1.82. The number of aromatic amines is 1. The Labute approximate surface area is 91.4 Å². The standard InChI is InChI=1S/C11H11NO2S/c1-7-3-4-8(14-2)5-9(7)10-6-15-11(13)12-10/h3-6H,1-2H3,(H,12,13). The number of aromatic nitrogens is 1. The molecular formula is C11H11NO2S. The van der Waals surface area contributed by atoms with Gasteiger partial charge in [-0.1, -0.05) is 17.4 Å². The van der Waals surface area contributed by atoms with Crippen molar-refractivity contribution in [2.45, 2.75) is 6.92 Å². The highest BCUT2D eigenvalue weighted by Gasteiger charge is 2.05. The molecule has 1 aromatic heterocycles. The van der Waals surface area contributed by atoms with Crippen LogP contribution in [0.5, 0.6) is 5.75 Å². The predicted octanol–water partition coefficient (Wildman–Crippen LogP) is 2.42. The van der Waals surface area contributed by atoms with Crippen molar-refractivity contribution in [1.82, 2.24) is 4.98 Å². The molecule has 0 amide bonds. The van der Waals surface area contributed by atoms with Crippen molar-refractivity contribution in [2.24, 2.45) is 0 Å². The summed E-state index contributed by atoms with van der Waals surface area (Å²) in [6.07, 6.45) is 0. The van der Waals surface area contributed by atoms with Crippen molar-refractivity contribution in [2.75, 3.05) is 7.11 Å². The van der Waals surface area contributed by atoms with Crippen LogP contribution in [0.3, 0.4) is 0 Å². The number of ether oxygens (including phenoxy) is 1. The van der Waals surface area contributed by atoms with Crippen molar-refractivity contribution in [3.8, 4) is 17.0 Å². The first-order chi connectivity index (χ1) is 7.20. The van der Waals surface area contributed by atoms with E-state index in [0.717, 1.165) is 22.6 Å². The molecule has 0 atom stereocenters. The first kappa shape index (κ1) is 9.98. The lowest BCUT2D eigenvalue weighted by molar-refractivity contribution is 0.415. The molecular weight excluding hydrogens is 210 g/mol. The van der Waals surface area contributed by atoms with Crippen LogP contribution in [-0.2, 0) is 0 Å². The number of nitrogens with one attached hydrogen (secondary N) is 1. The zero-order valence-electron chi connectivity index (χ0n) is 8.53. The van der Waals surface area contributed by atoms with Gasteiger partial charge in [0.25, 0.3) is 0 Å². The highest BCUT2D eigenvalue weighted by Crippen LogP contribution is 2.26. The second kappa shape index (κ2) is 3.90. The lowest BCUT2D eigenvalue weighted by Crippen LogP contribution is -1.94. The average molecular weight is 221 g/mol. The van der Waals surface area contributed by atoms with Gasteiger partial charge in [-0.05, 0) is 24.6 Å². The molecule has 78 valence electrons. The Morgan fingerprint density at radius 3 is 2.80 bits per heavy atom. The molecule has 0 saturated carbocycles. The van der Waals surface area contributed by atoms with Gasteiger partial charge in [0, 0.05) is 10.9 Å². The maximum atomic E-state index is 11.1. The minimum Gasteiger partial charge on any atom is -0.497 e. The fraction of sp³-hybridized carbons (Fsp3) is 0.182. The smallest absolute Gasteiger partial charge is 0.304 e. The Bertz CT molecular complexity index is 527. The van der Waals surface area contributed by atoms with Gasteiger partial charge in [-0.2, -0.15) is 0 Å². The normalized spacial score (nSPS) is 10.3. The van der Waals surface area contributed by atoms with Crippen LogP contribution >= 0.6 is 11.3 Å². The molecule has 0 aliphatic carbocycles. The first-order valence-electron chi connectivity index (χ1n) is 4.53. The van der Waals surface area contributed by atoms with E-state index in [9.17, 15) is 4.79 Å². The number of aryl methyl sites for hydroxylation is 1. The van der Waals surface area contributed by atoms with E-state index in [4.69, 9.17) is 4.74 Å². The molecule has 0 radical (unpaired) electrons. The summed E-state index contributed by atoms with van der Waals surface area (Å²) in [7, 11) is 1.63. The first-order valence-corrected chi connectivity index (χ1v) is 5.41. The molecule has 1 heterocycles. The summed E-state index contributed by atoms with van der Waals surface area (Å²) in [6, 6.07) is 5.81. The minimum atomic E-state index is -0.0350. The summed E-state index contributed by atoms with van der Waals surface area (Å²) in [5.74, 6) is 0.794. The molecule has 0 bridgehead atoms. The SMILES string of the molecule is COc1ccc(C)c(-c2csc(=O)[nH]2)c1. The van der Waals surface area contributed by atoms with Crippen LogP contribution in [-0.4, -0.2) is 12.1 Å². The monoisotopic (exact) mass is 221 g/mol. The van der Waals surface area contributed by atoms with Crippen molar-refractivity contribution >= 4 is 11.3 Å². The molecule has 1 N–H and O–H groups in total. The van der Waals surface area contributed by atoms with Crippen molar-refractivity contribution in [1.29, 1.82) is 0 Å². The van der Waals surface area contributed by atoms with Crippen molar-refractivity contribution < 1.29 is 4.74 Å². The van der Waals surface area contributed by atoms with Gasteiger partial charge in [-0.3, -0.25) is 4.79 Å². The number of H-pyrrole nitrogens is 1. The van der Waals surface area contributed by atoms with Crippen molar-refractivity contribution in [3.63, 3.8) is 0 Å². The van der Waals surface area contributed by atoms with Crippen LogP contribution < -0.4 is 9.61 Å². The van der Waals surface area contributed by atoms with Gasteiger partial charge >= 0.3 is 4.87 Å².